The second-order valence-corrected chi connectivity index (χ2v) is 5.44. The number of cyclic esters (lactones) is 2. The molecule has 3 fully saturated rings. The fourth-order valence-electron chi connectivity index (χ4n) is 4.87. The molecule has 4 atom stereocenters. The first-order valence-electron chi connectivity index (χ1n) is 5.57. The van der Waals surface area contributed by atoms with Crippen LogP contribution in [0.5, 0.6) is 0 Å². The predicted octanol–water partition coefficient (Wildman–Crippen LogP) is 1.43. The first kappa shape index (κ1) is 8.08. The van der Waals surface area contributed by atoms with Crippen LogP contribution in [0.4, 0.5) is 0 Å². The van der Waals surface area contributed by atoms with Gasteiger partial charge in [0.05, 0.1) is 5.41 Å². The Morgan fingerprint density at radius 2 is 2.20 bits per heavy atom. The van der Waals surface area contributed by atoms with Crippen LogP contribution in [0.15, 0.2) is 12.2 Å². The second kappa shape index (κ2) is 1.79. The molecule has 2 bridgehead atoms. The van der Waals surface area contributed by atoms with Gasteiger partial charge in [-0.05, 0) is 25.7 Å². The number of allylic oxidation sites excluding steroid dienone is 2. The summed E-state index contributed by atoms with van der Waals surface area (Å²) in [6.45, 7) is 1.92. The zero-order valence-electron chi connectivity index (χ0n) is 8.58. The van der Waals surface area contributed by atoms with E-state index in [1.165, 1.54) is 0 Å². The topological polar surface area (TPSA) is 43.4 Å². The van der Waals surface area contributed by atoms with Crippen LogP contribution < -0.4 is 0 Å². The summed E-state index contributed by atoms with van der Waals surface area (Å²) in [6, 6.07) is 0. The van der Waals surface area contributed by atoms with Gasteiger partial charge in [-0.15, -0.1) is 0 Å². The average molecular weight is 204 g/mol. The highest BCUT2D eigenvalue weighted by atomic mass is 16.6. The molecule has 4 rings (SSSR count). The lowest BCUT2D eigenvalue weighted by molar-refractivity contribution is -0.161. The molecular formula is C12H12O3. The molecule has 0 radical (unpaired) electrons. The smallest absolute Gasteiger partial charge is 0.322 e. The molecule has 0 aromatic carbocycles. The van der Waals surface area contributed by atoms with Crippen molar-refractivity contribution in [3.63, 3.8) is 0 Å². The molecule has 3 aliphatic carbocycles. The maximum atomic E-state index is 12.0. The summed E-state index contributed by atoms with van der Waals surface area (Å²) in [5.41, 5.74) is -1.20. The van der Waals surface area contributed by atoms with Gasteiger partial charge < -0.3 is 4.74 Å². The number of ether oxygens (including phenoxy) is 1. The Bertz CT molecular complexity index is 446. The van der Waals surface area contributed by atoms with Crippen LogP contribution in [0.25, 0.3) is 0 Å². The van der Waals surface area contributed by atoms with Crippen LogP contribution in [-0.2, 0) is 14.3 Å². The van der Waals surface area contributed by atoms with E-state index in [4.69, 9.17) is 4.74 Å². The first-order valence-corrected chi connectivity index (χ1v) is 5.57. The number of esters is 2. The standard InChI is InChI=1S/C12H12O3/c1-10-8(13)15-9(14)12(10)7-3-2-5-11(10,12)6-4-7/h4,6-7H,2-3,5H2,1H3/t7?,10-,11?,12+/m0/s1. The summed E-state index contributed by atoms with van der Waals surface area (Å²) in [5.74, 6) is -0.302. The van der Waals surface area contributed by atoms with Gasteiger partial charge in [-0.25, -0.2) is 0 Å². The zero-order chi connectivity index (χ0) is 10.5. The van der Waals surface area contributed by atoms with E-state index in [1.54, 1.807) is 0 Å². The Balaban J connectivity index is 2.03. The molecule has 0 amide bonds. The van der Waals surface area contributed by atoms with Gasteiger partial charge in [0.25, 0.3) is 0 Å². The summed E-state index contributed by atoms with van der Waals surface area (Å²) < 4.78 is 4.84. The van der Waals surface area contributed by atoms with Crippen LogP contribution in [0.1, 0.15) is 26.2 Å². The van der Waals surface area contributed by atoms with E-state index in [0.717, 1.165) is 19.3 Å². The highest BCUT2D eigenvalue weighted by Gasteiger charge is 2.98. The molecule has 1 spiro atoms. The van der Waals surface area contributed by atoms with E-state index in [1.807, 2.05) is 6.92 Å². The molecule has 0 aromatic rings. The normalized spacial score (nSPS) is 58.9. The van der Waals surface area contributed by atoms with Gasteiger partial charge in [0.1, 0.15) is 5.41 Å². The summed E-state index contributed by atoms with van der Waals surface area (Å²) >= 11 is 0. The van der Waals surface area contributed by atoms with Crippen LogP contribution in [-0.4, -0.2) is 11.9 Å². The number of hydrogen-bond acceptors (Lipinski definition) is 3. The second-order valence-electron chi connectivity index (χ2n) is 5.44. The van der Waals surface area contributed by atoms with Crippen molar-refractivity contribution in [3.05, 3.63) is 12.2 Å². The van der Waals surface area contributed by atoms with Gasteiger partial charge in [-0.1, -0.05) is 18.6 Å². The SMILES string of the molecule is C[C@@]12C(=O)OC(=O)[C@]13C1C=CC23CCC1. The Morgan fingerprint density at radius 1 is 1.40 bits per heavy atom. The minimum absolute atomic E-state index is 0.171. The molecule has 3 nitrogen and oxygen atoms in total. The zero-order valence-corrected chi connectivity index (χ0v) is 8.58. The average Bonchev–Trinajstić information content (AvgIpc) is 2.56. The molecule has 78 valence electrons. The van der Waals surface area contributed by atoms with Crippen molar-refractivity contribution in [1.82, 2.24) is 0 Å². The number of carbonyl (C=O) groups excluding carboxylic acids is 2. The van der Waals surface area contributed by atoms with Crippen molar-refractivity contribution in [2.45, 2.75) is 26.2 Å². The van der Waals surface area contributed by atoms with Crippen molar-refractivity contribution in [2.75, 3.05) is 0 Å². The predicted molar refractivity (Wildman–Crippen MR) is 50.6 cm³/mol. The number of hydrogen-bond donors (Lipinski definition) is 0. The van der Waals surface area contributed by atoms with E-state index >= 15 is 0 Å². The Labute approximate surface area is 87.5 Å². The molecule has 0 N–H and O–H groups in total. The fourth-order valence-corrected chi connectivity index (χ4v) is 4.87. The van der Waals surface area contributed by atoms with Crippen LogP contribution in [0.3, 0.4) is 0 Å². The van der Waals surface area contributed by atoms with Crippen LogP contribution >= 0.6 is 0 Å². The molecule has 2 unspecified atom stereocenters. The van der Waals surface area contributed by atoms with Gasteiger partial charge in [-0.3, -0.25) is 9.59 Å². The van der Waals surface area contributed by atoms with Gasteiger partial charge in [0.2, 0.25) is 0 Å². The molecule has 1 aliphatic heterocycles. The fraction of sp³-hybridized carbons (Fsp3) is 0.667. The third kappa shape index (κ3) is 0.440. The lowest BCUT2D eigenvalue weighted by atomic mass is 9.77. The monoisotopic (exact) mass is 204 g/mol. The minimum Gasteiger partial charge on any atom is -0.392 e. The molecule has 3 heteroatoms. The third-order valence-electron chi connectivity index (χ3n) is 5.49. The first-order chi connectivity index (χ1) is 7.11. The van der Waals surface area contributed by atoms with E-state index < -0.39 is 10.8 Å². The largest absolute Gasteiger partial charge is 0.392 e. The quantitative estimate of drug-likeness (QED) is 0.340. The van der Waals surface area contributed by atoms with Gasteiger partial charge >= 0.3 is 11.9 Å². The van der Waals surface area contributed by atoms with E-state index in [0.29, 0.717) is 0 Å². The van der Waals surface area contributed by atoms with Crippen molar-refractivity contribution >= 4 is 11.9 Å². The molecule has 0 aromatic heterocycles. The van der Waals surface area contributed by atoms with Crippen LogP contribution in [0, 0.1) is 22.2 Å². The lowest BCUT2D eigenvalue weighted by Crippen LogP contribution is -2.30. The maximum Gasteiger partial charge on any atom is 0.322 e. The van der Waals surface area contributed by atoms with E-state index in [2.05, 4.69) is 12.2 Å². The summed E-state index contributed by atoms with van der Waals surface area (Å²) in [7, 11) is 0. The third-order valence-corrected chi connectivity index (χ3v) is 5.49. The highest BCUT2D eigenvalue weighted by molar-refractivity contribution is 6.10. The number of carbonyl (C=O) groups is 2. The Morgan fingerprint density at radius 3 is 2.93 bits per heavy atom. The molecule has 15 heavy (non-hydrogen) atoms. The van der Waals surface area contributed by atoms with Gasteiger partial charge in [0.15, 0.2) is 0 Å². The highest BCUT2D eigenvalue weighted by Crippen LogP contribution is 2.91. The molecular weight excluding hydrogens is 192 g/mol. The van der Waals surface area contributed by atoms with Crippen molar-refractivity contribution < 1.29 is 14.3 Å². The van der Waals surface area contributed by atoms with Crippen molar-refractivity contribution in [2.24, 2.45) is 22.2 Å². The van der Waals surface area contributed by atoms with E-state index in [-0.39, 0.29) is 23.3 Å². The van der Waals surface area contributed by atoms with Gasteiger partial charge in [-0.2, -0.15) is 0 Å². The molecule has 4 aliphatic rings. The molecule has 2 saturated carbocycles. The minimum atomic E-state index is -0.535. The molecule has 1 saturated heterocycles. The maximum absolute atomic E-state index is 12.0. The Hall–Kier alpha value is -1.12. The lowest BCUT2D eigenvalue weighted by Gasteiger charge is -2.25. The van der Waals surface area contributed by atoms with Crippen molar-refractivity contribution in [3.8, 4) is 0 Å². The summed E-state index contributed by atoms with van der Waals surface area (Å²) in [4.78, 5) is 23.8. The summed E-state index contributed by atoms with van der Waals surface area (Å²) in [5, 5.41) is 0. The molecule has 1 heterocycles. The van der Waals surface area contributed by atoms with Crippen molar-refractivity contribution in [1.29, 1.82) is 0 Å². The Kier molecular flexibility index (Phi) is 0.964. The van der Waals surface area contributed by atoms with Crippen LogP contribution in [0.2, 0.25) is 0 Å². The van der Waals surface area contributed by atoms with Gasteiger partial charge in [0, 0.05) is 5.41 Å². The summed E-state index contributed by atoms with van der Waals surface area (Å²) in [6.07, 6.45) is 7.38. The number of rotatable bonds is 0. The van der Waals surface area contributed by atoms with E-state index in [9.17, 15) is 9.59 Å².